The number of rotatable bonds is 4. The van der Waals surface area contributed by atoms with Gasteiger partial charge in [-0.3, -0.25) is 0 Å². The number of carbonyl (C=O) groups is 1. The first kappa shape index (κ1) is 8.69. The smallest absolute Gasteiger partial charge is 0.335 e. The van der Waals surface area contributed by atoms with E-state index in [1.807, 2.05) is 0 Å². The van der Waals surface area contributed by atoms with Crippen LogP contribution in [0.5, 0.6) is 0 Å². The van der Waals surface area contributed by atoms with Gasteiger partial charge in [-0.2, -0.15) is 0 Å². The maximum absolute atomic E-state index is 10.3. The van der Waals surface area contributed by atoms with Crippen LogP contribution in [0.4, 0.5) is 0 Å². The van der Waals surface area contributed by atoms with Crippen molar-refractivity contribution < 1.29 is 9.90 Å². The lowest BCUT2D eigenvalue weighted by atomic mass is 10.2. The molecule has 0 spiro atoms. The highest BCUT2D eigenvalue weighted by Crippen LogP contribution is 1.97. The molecule has 1 N–H and O–H groups in total. The summed E-state index contributed by atoms with van der Waals surface area (Å²) in [6.45, 7) is 6.81. The summed E-state index contributed by atoms with van der Waals surface area (Å²) in [6, 6.07) is 0. The fraction of sp³-hybridized carbons (Fsp3) is 0.125. The number of aliphatic carboxylic acids is 1. The number of hydrogen-bond acceptors (Lipinski definition) is 1. The van der Waals surface area contributed by atoms with Crippen molar-refractivity contribution >= 4 is 5.97 Å². The quantitative estimate of drug-likeness (QED) is 0.365. The first-order chi connectivity index (χ1) is 4.72. The van der Waals surface area contributed by atoms with Crippen LogP contribution in [0.1, 0.15) is 6.42 Å². The normalized spacial score (nSPS) is 10.6. The van der Waals surface area contributed by atoms with Crippen molar-refractivity contribution in [2.75, 3.05) is 0 Å². The highest BCUT2D eigenvalue weighted by molar-refractivity contribution is 5.89. The molecular formula is C8H10O2. The van der Waals surface area contributed by atoms with Crippen molar-refractivity contribution in [3.8, 4) is 0 Å². The van der Waals surface area contributed by atoms with E-state index in [-0.39, 0.29) is 5.57 Å². The van der Waals surface area contributed by atoms with E-state index < -0.39 is 5.97 Å². The van der Waals surface area contributed by atoms with E-state index >= 15 is 0 Å². The van der Waals surface area contributed by atoms with Gasteiger partial charge >= 0.3 is 5.97 Å². The Labute approximate surface area is 60.2 Å². The maximum Gasteiger partial charge on any atom is 0.335 e. The molecule has 0 bridgehead atoms. The summed E-state index contributed by atoms with van der Waals surface area (Å²) in [5, 5.41) is 8.43. The molecule has 0 heterocycles. The Kier molecular flexibility index (Phi) is 3.96. The fourth-order valence-electron chi connectivity index (χ4n) is 0.468. The van der Waals surface area contributed by atoms with Crippen LogP contribution < -0.4 is 0 Å². The first-order valence-corrected chi connectivity index (χ1v) is 2.89. The van der Waals surface area contributed by atoms with Crippen LogP contribution in [0.2, 0.25) is 0 Å². The third-order valence-corrected chi connectivity index (χ3v) is 0.971. The second kappa shape index (κ2) is 4.56. The summed E-state index contributed by atoms with van der Waals surface area (Å²) < 4.78 is 0. The third-order valence-electron chi connectivity index (χ3n) is 0.971. The molecule has 0 rings (SSSR count). The second-order valence-electron chi connectivity index (χ2n) is 1.69. The van der Waals surface area contributed by atoms with Gasteiger partial charge in [0.2, 0.25) is 0 Å². The van der Waals surface area contributed by atoms with E-state index in [0.717, 1.165) is 0 Å². The zero-order valence-corrected chi connectivity index (χ0v) is 5.71. The lowest BCUT2D eigenvalue weighted by Crippen LogP contribution is -1.96. The number of hydrogen-bond donors (Lipinski definition) is 1. The molecule has 0 saturated carbocycles. The molecule has 0 aliphatic carbocycles. The molecule has 0 radical (unpaired) electrons. The number of carboxylic acids is 1. The van der Waals surface area contributed by atoms with Crippen molar-refractivity contribution in [1.29, 1.82) is 0 Å². The van der Waals surface area contributed by atoms with Gasteiger partial charge < -0.3 is 5.11 Å². The molecule has 2 heteroatoms. The standard InChI is InChI=1S/C8H10O2/c1-3-5-6-7(4-2)8(9)10/h3-4,6H,1-2,5H2,(H,9,10)/b7-6-. The lowest BCUT2D eigenvalue weighted by Gasteiger charge is -1.89. The minimum Gasteiger partial charge on any atom is -0.478 e. The largest absolute Gasteiger partial charge is 0.478 e. The molecule has 0 saturated heterocycles. The van der Waals surface area contributed by atoms with Gasteiger partial charge in [-0.15, -0.1) is 6.58 Å². The van der Waals surface area contributed by atoms with Gasteiger partial charge in [0.1, 0.15) is 0 Å². The van der Waals surface area contributed by atoms with Gasteiger partial charge in [-0.05, 0) is 6.42 Å². The highest BCUT2D eigenvalue weighted by Gasteiger charge is 1.98. The fourth-order valence-corrected chi connectivity index (χ4v) is 0.468. The zero-order chi connectivity index (χ0) is 7.98. The summed E-state index contributed by atoms with van der Waals surface area (Å²) in [7, 11) is 0. The van der Waals surface area contributed by atoms with Crippen LogP contribution in [0.25, 0.3) is 0 Å². The van der Waals surface area contributed by atoms with Crippen LogP contribution in [-0.4, -0.2) is 11.1 Å². The van der Waals surface area contributed by atoms with Gasteiger partial charge in [-0.25, -0.2) is 4.79 Å². The Hall–Kier alpha value is -1.31. The number of carboxylic acid groups (broad SMARTS) is 1. The topological polar surface area (TPSA) is 37.3 Å². The molecular weight excluding hydrogens is 128 g/mol. The predicted octanol–water partition coefficient (Wildman–Crippen LogP) is 1.76. The van der Waals surface area contributed by atoms with Gasteiger partial charge in [0.25, 0.3) is 0 Å². The van der Waals surface area contributed by atoms with Gasteiger partial charge in [0.15, 0.2) is 0 Å². The van der Waals surface area contributed by atoms with Gasteiger partial charge in [-0.1, -0.05) is 24.8 Å². The summed E-state index contributed by atoms with van der Waals surface area (Å²) in [6.07, 6.45) is 5.06. The van der Waals surface area contributed by atoms with Crippen molar-refractivity contribution in [3.05, 3.63) is 37.0 Å². The third kappa shape index (κ3) is 2.87. The summed E-state index contributed by atoms with van der Waals surface area (Å²) in [5.41, 5.74) is 0.222. The zero-order valence-electron chi connectivity index (χ0n) is 5.71. The molecule has 54 valence electrons. The number of allylic oxidation sites excluding steroid dienone is 2. The van der Waals surface area contributed by atoms with Crippen molar-refractivity contribution in [2.45, 2.75) is 6.42 Å². The van der Waals surface area contributed by atoms with E-state index in [0.29, 0.717) is 6.42 Å². The maximum atomic E-state index is 10.3. The van der Waals surface area contributed by atoms with E-state index in [9.17, 15) is 4.79 Å². The van der Waals surface area contributed by atoms with Crippen molar-refractivity contribution in [1.82, 2.24) is 0 Å². The molecule has 0 atom stereocenters. The monoisotopic (exact) mass is 138 g/mol. The van der Waals surface area contributed by atoms with Gasteiger partial charge in [0.05, 0.1) is 5.57 Å². The molecule has 0 aromatic heterocycles. The molecule has 0 unspecified atom stereocenters. The van der Waals surface area contributed by atoms with E-state index in [1.54, 1.807) is 12.2 Å². The summed E-state index contributed by atoms with van der Waals surface area (Å²) in [4.78, 5) is 10.3. The van der Waals surface area contributed by atoms with Gasteiger partial charge in [0, 0.05) is 0 Å². The Morgan fingerprint density at radius 3 is 2.40 bits per heavy atom. The predicted molar refractivity (Wildman–Crippen MR) is 40.7 cm³/mol. The highest BCUT2D eigenvalue weighted by atomic mass is 16.4. The molecule has 0 aliphatic heterocycles. The minimum absolute atomic E-state index is 0.222. The van der Waals surface area contributed by atoms with Crippen LogP contribution in [0.15, 0.2) is 37.0 Å². The SMILES string of the molecule is C=CC/C=C(/C=C)C(=O)O. The Balaban J connectivity index is 4.17. The average Bonchev–Trinajstić information content (AvgIpc) is 1.89. The molecule has 2 nitrogen and oxygen atoms in total. The summed E-state index contributed by atoms with van der Waals surface area (Å²) >= 11 is 0. The van der Waals surface area contributed by atoms with Crippen molar-refractivity contribution in [2.24, 2.45) is 0 Å². The van der Waals surface area contributed by atoms with Crippen LogP contribution in [-0.2, 0) is 4.79 Å². The molecule has 0 aromatic carbocycles. The van der Waals surface area contributed by atoms with Crippen LogP contribution in [0.3, 0.4) is 0 Å². The van der Waals surface area contributed by atoms with E-state index in [2.05, 4.69) is 13.2 Å². The molecule has 0 aromatic rings. The van der Waals surface area contributed by atoms with E-state index in [4.69, 9.17) is 5.11 Å². The van der Waals surface area contributed by atoms with E-state index in [1.165, 1.54) is 6.08 Å². The Morgan fingerprint density at radius 1 is 1.50 bits per heavy atom. The van der Waals surface area contributed by atoms with Crippen molar-refractivity contribution in [3.63, 3.8) is 0 Å². The molecule has 0 fully saturated rings. The molecule has 10 heavy (non-hydrogen) atoms. The minimum atomic E-state index is -0.947. The summed E-state index contributed by atoms with van der Waals surface area (Å²) in [5.74, 6) is -0.947. The Bertz CT molecular complexity index is 178. The van der Waals surface area contributed by atoms with Crippen LogP contribution in [0, 0.1) is 0 Å². The van der Waals surface area contributed by atoms with Crippen LogP contribution >= 0.6 is 0 Å². The first-order valence-electron chi connectivity index (χ1n) is 2.89. The molecule has 0 aliphatic rings. The average molecular weight is 138 g/mol. The lowest BCUT2D eigenvalue weighted by molar-refractivity contribution is -0.132. The Morgan fingerprint density at radius 2 is 2.10 bits per heavy atom. The second-order valence-corrected chi connectivity index (χ2v) is 1.69. The molecule has 0 amide bonds.